The van der Waals surface area contributed by atoms with Crippen LogP contribution in [-0.4, -0.2) is 71.6 Å². The monoisotopic (exact) mass is 452 g/mol. The molecule has 170 valence electrons. The van der Waals surface area contributed by atoms with E-state index >= 15 is 0 Å². The van der Waals surface area contributed by atoms with Gasteiger partial charge in [-0.15, -0.1) is 0 Å². The average Bonchev–Trinajstić information content (AvgIpc) is 2.78. The van der Waals surface area contributed by atoms with Crippen LogP contribution in [0.5, 0.6) is 5.75 Å². The molecule has 1 N–H and O–H groups in total. The molecule has 3 heterocycles. The van der Waals surface area contributed by atoms with Crippen molar-refractivity contribution in [2.45, 2.75) is 18.6 Å². The van der Waals surface area contributed by atoms with E-state index in [4.69, 9.17) is 4.74 Å². The van der Waals surface area contributed by atoms with Crippen molar-refractivity contribution in [3.8, 4) is 16.9 Å². The normalized spacial score (nSPS) is 19.6. The molecule has 32 heavy (non-hydrogen) atoms. The molecule has 2 amide bonds. The standard InChI is InChI=1S/C21H20F4N4O3/c22-20-15(2-1-5-26-20)13-3-4-17-16(8-13)27-18(30)11-28-6-7-29(10-14(28)12-32-17)19(31)9-21(23,24)25/h1-5,8,14H,6-7,9-12H2,(H,27,30)/t14-/m1/s1. The van der Waals surface area contributed by atoms with E-state index in [2.05, 4.69) is 10.3 Å². The number of alkyl halides is 3. The smallest absolute Gasteiger partial charge is 0.397 e. The highest BCUT2D eigenvalue weighted by atomic mass is 19.4. The number of hydrogen-bond acceptors (Lipinski definition) is 5. The summed E-state index contributed by atoms with van der Waals surface area (Å²) in [5.74, 6) is -1.65. The first kappa shape index (κ1) is 22.0. The Morgan fingerprint density at radius 2 is 2.06 bits per heavy atom. The molecule has 0 saturated carbocycles. The number of nitrogens with zero attached hydrogens (tertiary/aromatic N) is 3. The molecule has 1 fully saturated rings. The number of amides is 2. The number of benzene rings is 1. The maximum Gasteiger partial charge on any atom is 0.397 e. The number of anilines is 1. The van der Waals surface area contributed by atoms with Gasteiger partial charge in [0.1, 0.15) is 18.8 Å². The fourth-order valence-electron chi connectivity index (χ4n) is 3.85. The highest BCUT2D eigenvalue weighted by Crippen LogP contribution is 2.33. The van der Waals surface area contributed by atoms with Crippen molar-refractivity contribution >= 4 is 17.5 Å². The van der Waals surface area contributed by atoms with Crippen LogP contribution in [-0.2, 0) is 9.59 Å². The maximum absolute atomic E-state index is 14.1. The largest absolute Gasteiger partial charge is 0.490 e. The molecule has 4 rings (SSSR count). The molecule has 1 aromatic carbocycles. The summed E-state index contributed by atoms with van der Waals surface area (Å²) in [7, 11) is 0. The van der Waals surface area contributed by atoms with Crippen LogP contribution in [0.15, 0.2) is 36.5 Å². The molecule has 0 radical (unpaired) electrons. The summed E-state index contributed by atoms with van der Waals surface area (Å²) >= 11 is 0. The third-order valence-corrected chi connectivity index (χ3v) is 5.41. The summed E-state index contributed by atoms with van der Waals surface area (Å²) in [6.07, 6.45) is -4.76. The molecule has 1 aromatic heterocycles. The van der Waals surface area contributed by atoms with E-state index in [0.717, 1.165) is 4.90 Å². The number of carbonyl (C=O) groups is 2. The molecule has 1 atom stereocenters. The van der Waals surface area contributed by atoms with Crippen molar-refractivity contribution in [2.75, 3.05) is 38.1 Å². The van der Waals surface area contributed by atoms with E-state index in [9.17, 15) is 27.2 Å². The quantitative estimate of drug-likeness (QED) is 0.560. The number of halogens is 4. The van der Waals surface area contributed by atoms with Gasteiger partial charge in [0, 0.05) is 31.4 Å². The van der Waals surface area contributed by atoms with Gasteiger partial charge >= 0.3 is 6.18 Å². The zero-order valence-corrected chi connectivity index (χ0v) is 16.9. The Hall–Kier alpha value is -3.21. The first-order valence-corrected chi connectivity index (χ1v) is 9.96. The van der Waals surface area contributed by atoms with E-state index in [1.165, 1.54) is 6.20 Å². The lowest BCUT2D eigenvalue weighted by molar-refractivity contribution is -0.163. The van der Waals surface area contributed by atoms with Gasteiger partial charge in [0.25, 0.3) is 0 Å². The van der Waals surface area contributed by atoms with Crippen LogP contribution in [0.4, 0.5) is 23.2 Å². The Bertz CT molecular complexity index is 1030. The number of pyridine rings is 1. The summed E-state index contributed by atoms with van der Waals surface area (Å²) in [5, 5.41) is 2.75. The molecule has 2 aliphatic rings. The fraction of sp³-hybridized carbons (Fsp3) is 0.381. The van der Waals surface area contributed by atoms with E-state index in [1.54, 1.807) is 35.2 Å². The molecular weight excluding hydrogens is 432 g/mol. The number of piperazine rings is 1. The summed E-state index contributed by atoms with van der Waals surface area (Å²) in [5.41, 5.74) is 1.11. The third-order valence-electron chi connectivity index (χ3n) is 5.41. The van der Waals surface area contributed by atoms with Gasteiger partial charge in [-0.05, 0) is 29.8 Å². The second-order valence-electron chi connectivity index (χ2n) is 7.67. The van der Waals surface area contributed by atoms with Gasteiger partial charge in [-0.3, -0.25) is 14.5 Å². The maximum atomic E-state index is 14.1. The second-order valence-corrected chi connectivity index (χ2v) is 7.67. The number of fused-ring (bicyclic) bond motifs is 2. The van der Waals surface area contributed by atoms with Crippen LogP contribution in [0.2, 0.25) is 0 Å². The molecule has 7 nitrogen and oxygen atoms in total. The van der Waals surface area contributed by atoms with Crippen molar-refractivity contribution in [3.05, 3.63) is 42.5 Å². The number of nitrogens with one attached hydrogen (secondary N) is 1. The summed E-state index contributed by atoms with van der Waals surface area (Å²) < 4.78 is 57.7. The van der Waals surface area contributed by atoms with Crippen molar-refractivity contribution in [1.29, 1.82) is 0 Å². The second kappa shape index (κ2) is 8.73. The number of rotatable bonds is 2. The Morgan fingerprint density at radius 1 is 1.25 bits per heavy atom. The third kappa shape index (κ3) is 4.98. The van der Waals surface area contributed by atoms with Crippen LogP contribution >= 0.6 is 0 Å². The Labute approximate surface area is 181 Å². The van der Waals surface area contributed by atoms with Crippen LogP contribution in [0.3, 0.4) is 0 Å². The number of ether oxygens (including phenoxy) is 1. The fourth-order valence-corrected chi connectivity index (χ4v) is 3.85. The first-order chi connectivity index (χ1) is 15.2. The van der Waals surface area contributed by atoms with Crippen molar-refractivity contribution in [2.24, 2.45) is 0 Å². The van der Waals surface area contributed by atoms with Gasteiger partial charge < -0.3 is 15.0 Å². The van der Waals surface area contributed by atoms with E-state index < -0.39 is 30.5 Å². The Kier molecular flexibility index (Phi) is 6.00. The van der Waals surface area contributed by atoms with Crippen LogP contribution in [0, 0.1) is 5.95 Å². The summed E-state index contributed by atoms with van der Waals surface area (Å²) in [6, 6.07) is 7.50. The van der Waals surface area contributed by atoms with E-state index in [1.807, 2.05) is 0 Å². The highest BCUT2D eigenvalue weighted by molar-refractivity contribution is 5.94. The minimum Gasteiger partial charge on any atom is -0.490 e. The molecular formula is C21H20F4N4O3. The Morgan fingerprint density at radius 3 is 2.81 bits per heavy atom. The number of carbonyl (C=O) groups excluding carboxylic acids is 2. The number of hydrogen-bond donors (Lipinski definition) is 1. The van der Waals surface area contributed by atoms with Crippen molar-refractivity contribution in [3.63, 3.8) is 0 Å². The molecule has 11 heteroatoms. The predicted octanol–water partition coefficient (Wildman–Crippen LogP) is 2.68. The van der Waals surface area contributed by atoms with Gasteiger partial charge in [-0.25, -0.2) is 4.98 Å². The van der Waals surface area contributed by atoms with Crippen LogP contribution in [0.1, 0.15) is 6.42 Å². The molecule has 2 aromatic rings. The minimum absolute atomic E-state index is 0.0136. The molecule has 2 aliphatic heterocycles. The lowest BCUT2D eigenvalue weighted by Crippen LogP contribution is -2.58. The van der Waals surface area contributed by atoms with Gasteiger partial charge in [-0.2, -0.15) is 17.6 Å². The van der Waals surface area contributed by atoms with Gasteiger partial charge in [0.2, 0.25) is 17.8 Å². The van der Waals surface area contributed by atoms with Gasteiger partial charge in [0.05, 0.1) is 18.3 Å². The topological polar surface area (TPSA) is 74.8 Å². The SMILES string of the molecule is O=C1CN2CCN(C(=O)CC(F)(F)F)C[C@@H]2COc2ccc(-c3cccnc3F)cc2N1. The molecule has 1 saturated heterocycles. The molecule has 0 bridgehead atoms. The lowest BCUT2D eigenvalue weighted by Gasteiger charge is -2.40. The van der Waals surface area contributed by atoms with Crippen molar-refractivity contribution < 1.29 is 31.9 Å². The Balaban J connectivity index is 1.54. The minimum atomic E-state index is -4.58. The predicted molar refractivity (Wildman–Crippen MR) is 106 cm³/mol. The summed E-state index contributed by atoms with van der Waals surface area (Å²) in [4.78, 5) is 31.2. The first-order valence-electron chi connectivity index (χ1n) is 9.96. The molecule has 0 unspecified atom stereocenters. The van der Waals surface area contributed by atoms with Crippen molar-refractivity contribution in [1.82, 2.24) is 14.8 Å². The highest BCUT2D eigenvalue weighted by Gasteiger charge is 2.37. The van der Waals surface area contributed by atoms with Crippen LogP contribution < -0.4 is 10.1 Å². The zero-order chi connectivity index (χ0) is 22.9. The summed E-state index contributed by atoms with van der Waals surface area (Å²) in [6.45, 7) is 0.415. The molecule has 0 spiro atoms. The zero-order valence-electron chi connectivity index (χ0n) is 16.9. The van der Waals surface area contributed by atoms with Crippen LogP contribution in [0.25, 0.3) is 11.1 Å². The van der Waals surface area contributed by atoms with Gasteiger partial charge in [-0.1, -0.05) is 6.07 Å². The average molecular weight is 452 g/mol. The lowest BCUT2D eigenvalue weighted by atomic mass is 10.1. The molecule has 0 aliphatic carbocycles. The number of aromatic nitrogens is 1. The van der Waals surface area contributed by atoms with E-state index in [-0.39, 0.29) is 44.3 Å². The van der Waals surface area contributed by atoms with E-state index in [0.29, 0.717) is 17.0 Å². The van der Waals surface area contributed by atoms with Gasteiger partial charge in [0.15, 0.2) is 0 Å².